The molecule has 0 saturated heterocycles. The van der Waals surface area contributed by atoms with Crippen LogP contribution in [-0.2, 0) is 44.2 Å². The minimum Gasteiger partial charge on any atom is -0.450 e. The molecule has 1 radical (unpaired) electrons. The third-order valence-electron chi connectivity index (χ3n) is 7.77. The molecule has 4 aromatic carbocycles. The van der Waals surface area contributed by atoms with Crippen molar-refractivity contribution in [2.75, 3.05) is 18.9 Å². The number of nitrogens with two attached hydrogens (primary N) is 1. The number of nitrogens with zero attached hydrogens (tertiary/aromatic N) is 8. The molecule has 327 valence electrons. The van der Waals surface area contributed by atoms with Crippen molar-refractivity contribution in [1.82, 2.24) is 40.4 Å². The summed E-state index contributed by atoms with van der Waals surface area (Å²) < 4.78 is 152. The molecular formula is C35H31BF12N9O4. The van der Waals surface area contributed by atoms with Gasteiger partial charge in [-0.05, 0) is 64.4 Å². The minimum absolute atomic E-state index is 0. The monoisotopic (exact) mass is 880 g/mol. The van der Waals surface area contributed by atoms with Gasteiger partial charge < -0.3 is 26.4 Å². The number of aromatic nitrogens is 8. The van der Waals surface area contributed by atoms with E-state index in [1.807, 2.05) is 18.2 Å². The zero-order chi connectivity index (χ0) is 44.5. The van der Waals surface area contributed by atoms with Crippen LogP contribution < -0.4 is 11.2 Å². The van der Waals surface area contributed by atoms with E-state index >= 15 is 0 Å². The molecule has 0 unspecified atom stereocenters. The van der Waals surface area contributed by atoms with Gasteiger partial charge in [0.2, 0.25) is 11.6 Å². The van der Waals surface area contributed by atoms with E-state index < -0.39 is 52.4 Å². The molecule has 2 heterocycles. The van der Waals surface area contributed by atoms with Crippen LogP contribution >= 0.6 is 0 Å². The number of hydrogen-bond acceptors (Lipinski definition) is 10. The first kappa shape index (κ1) is 49.2. The van der Waals surface area contributed by atoms with Gasteiger partial charge in [0.25, 0.3) is 0 Å². The summed E-state index contributed by atoms with van der Waals surface area (Å²) in [5.41, 5.74) is 1.63. The summed E-state index contributed by atoms with van der Waals surface area (Å²) in [6.45, 7) is 0.194. The lowest BCUT2D eigenvalue weighted by atomic mass is 9.86. The molecule has 0 aliphatic carbocycles. The van der Waals surface area contributed by atoms with E-state index in [-0.39, 0.29) is 62.7 Å². The molecule has 0 spiro atoms. The number of benzene rings is 4. The molecule has 0 saturated carbocycles. The van der Waals surface area contributed by atoms with Gasteiger partial charge >= 0.3 is 32.2 Å². The van der Waals surface area contributed by atoms with Crippen molar-refractivity contribution in [1.29, 1.82) is 0 Å². The zero-order valence-electron chi connectivity index (χ0n) is 30.7. The Kier molecular flexibility index (Phi) is 16.5. The summed E-state index contributed by atoms with van der Waals surface area (Å²) in [5.74, 6) is 0.624. The van der Waals surface area contributed by atoms with Crippen molar-refractivity contribution in [3.05, 3.63) is 118 Å². The third kappa shape index (κ3) is 14.0. The number of aliphatic hydroxyl groups excluding tert-OH is 2. The van der Waals surface area contributed by atoms with Crippen LogP contribution in [0.15, 0.2) is 84.9 Å². The fraction of sp³-hybridized carbons (Fsp3) is 0.257. The molecule has 6 aromatic rings. The first-order valence-corrected chi connectivity index (χ1v) is 16.8. The molecule has 13 nitrogen and oxygen atoms in total. The highest BCUT2D eigenvalue weighted by Gasteiger charge is 2.38. The Labute approximate surface area is 336 Å². The van der Waals surface area contributed by atoms with E-state index in [4.69, 9.17) is 21.0 Å². The van der Waals surface area contributed by atoms with Gasteiger partial charge in [-0.25, -0.2) is 0 Å². The molecule has 6 rings (SSSR count). The van der Waals surface area contributed by atoms with Crippen LogP contribution in [0.1, 0.15) is 33.4 Å². The molecule has 26 heteroatoms. The molecule has 0 aliphatic heterocycles. The highest BCUT2D eigenvalue weighted by atomic mass is 19.4. The van der Waals surface area contributed by atoms with Gasteiger partial charge in [0, 0.05) is 16.8 Å². The Morgan fingerprint density at radius 2 is 0.951 bits per heavy atom. The van der Waals surface area contributed by atoms with Crippen molar-refractivity contribution >= 4 is 18.6 Å². The van der Waals surface area contributed by atoms with Crippen LogP contribution in [-0.4, -0.2) is 81.8 Å². The van der Waals surface area contributed by atoms with Gasteiger partial charge in [0.1, 0.15) is 0 Å². The van der Waals surface area contributed by atoms with Crippen molar-refractivity contribution < 1.29 is 73.4 Å². The largest absolute Gasteiger partial charge is 0.450 e. The predicted molar refractivity (Wildman–Crippen MR) is 192 cm³/mol. The van der Waals surface area contributed by atoms with E-state index in [9.17, 15) is 52.7 Å². The van der Waals surface area contributed by atoms with E-state index in [0.29, 0.717) is 53.4 Å². The first-order chi connectivity index (χ1) is 28.0. The molecule has 0 fully saturated rings. The Morgan fingerprint density at radius 1 is 0.557 bits per heavy atom. The summed E-state index contributed by atoms with van der Waals surface area (Å²) in [6.07, 6.45) is -19.8. The number of anilines is 1. The smallest absolute Gasteiger partial charge is 0.416 e. The molecule has 7 N–H and O–H groups in total. The number of aliphatic hydroxyl groups is 2. The highest BCUT2D eigenvalue weighted by Crippen LogP contribution is 2.38. The van der Waals surface area contributed by atoms with Crippen LogP contribution in [0.5, 0.6) is 0 Å². The SMILES string of the molecule is Nc1ccccc1-c1nnn(CCO)n1.O.OCCn1nnc(-c2ccccc2Cc2cc(C(F)(F)F)cc(C(F)(F)F)c2)n1.O[B]c1cc(C(F)(F)F)cc(C(F)(F)F)c1. The topological polar surface area (TPSA) is 205 Å². The van der Waals surface area contributed by atoms with Crippen molar-refractivity contribution in [2.24, 2.45) is 0 Å². The van der Waals surface area contributed by atoms with Crippen molar-refractivity contribution in [2.45, 2.75) is 44.2 Å². The summed E-state index contributed by atoms with van der Waals surface area (Å²) in [7, 11) is 0.185. The van der Waals surface area contributed by atoms with Gasteiger partial charge in [0.05, 0.1) is 48.6 Å². The highest BCUT2D eigenvalue weighted by molar-refractivity contribution is 6.45. The molecular weight excluding hydrogens is 849 g/mol. The van der Waals surface area contributed by atoms with E-state index in [2.05, 4.69) is 30.8 Å². The maximum absolute atomic E-state index is 13.1. The Morgan fingerprint density at radius 3 is 1.36 bits per heavy atom. The van der Waals surface area contributed by atoms with Crippen LogP contribution in [0.2, 0.25) is 0 Å². The third-order valence-corrected chi connectivity index (χ3v) is 7.77. The van der Waals surface area contributed by atoms with Gasteiger partial charge in [-0.3, -0.25) is 0 Å². The Balaban J connectivity index is 0.000000263. The molecule has 61 heavy (non-hydrogen) atoms. The molecule has 0 atom stereocenters. The molecule has 0 amide bonds. The zero-order valence-corrected chi connectivity index (χ0v) is 30.7. The first-order valence-electron chi connectivity index (χ1n) is 16.8. The number of alkyl halides is 12. The van der Waals surface area contributed by atoms with Gasteiger partial charge in [0.15, 0.2) is 0 Å². The number of hydrogen-bond donors (Lipinski definition) is 4. The minimum atomic E-state index is -4.91. The average Bonchev–Trinajstić information content (AvgIpc) is 3.84. The van der Waals surface area contributed by atoms with E-state index in [1.165, 1.54) is 4.80 Å². The molecule has 0 aliphatic rings. The van der Waals surface area contributed by atoms with E-state index in [1.54, 1.807) is 30.3 Å². The summed E-state index contributed by atoms with van der Waals surface area (Å²) in [6, 6.07) is 16.0. The normalized spacial score (nSPS) is 11.8. The summed E-state index contributed by atoms with van der Waals surface area (Å²) in [5, 5.41) is 49.4. The second-order valence-corrected chi connectivity index (χ2v) is 12.2. The van der Waals surface area contributed by atoms with Gasteiger partial charge in [-0.2, -0.15) is 62.3 Å². The predicted octanol–water partition coefficient (Wildman–Crippen LogP) is 5.01. The Bertz CT molecular complexity index is 2270. The lowest BCUT2D eigenvalue weighted by Crippen LogP contribution is -2.21. The molecule has 2 aromatic heterocycles. The van der Waals surface area contributed by atoms with Crippen LogP contribution in [0.3, 0.4) is 0 Å². The average molecular weight is 880 g/mol. The van der Waals surface area contributed by atoms with Crippen molar-refractivity contribution in [3.63, 3.8) is 0 Å². The standard InChI is InChI=1S/C18H14F6N4O.C9H11N5O.C8H4BF6O.H2O/c19-17(20,21)13-8-11(9-14(10-13)18(22,23)24)7-12-3-1-2-4-15(12)16-25-27-28(26-16)5-6-29;10-8-4-2-1-3-7(8)9-11-13-14(12-9)5-6-15;10-7(11,12)4-1-5(8(13,14)15)3-6(2-4)9-16;/h1-4,8-10,29H,5-7H2;1-4,15H,5-6,10H2;1-3,16H;1H2. The van der Waals surface area contributed by atoms with Crippen LogP contribution in [0.25, 0.3) is 22.8 Å². The number of tetrazole rings is 2. The van der Waals surface area contributed by atoms with Gasteiger partial charge in [-0.1, -0.05) is 54.0 Å². The lowest BCUT2D eigenvalue weighted by molar-refractivity contribution is -0.144. The lowest BCUT2D eigenvalue weighted by Gasteiger charge is -2.15. The van der Waals surface area contributed by atoms with Crippen LogP contribution in [0.4, 0.5) is 58.4 Å². The number of rotatable bonds is 9. The summed E-state index contributed by atoms with van der Waals surface area (Å²) >= 11 is 0. The van der Waals surface area contributed by atoms with Gasteiger partial charge in [-0.15, -0.1) is 20.4 Å². The number of para-hydroxylation sites is 1. The number of halogens is 12. The maximum atomic E-state index is 13.1. The van der Waals surface area contributed by atoms with Crippen LogP contribution in [0, 0.1) is 0 Å². The Hall–Kier alpha value is -6.12. The fourth-order valence-electron chi connectivity index (χ4n) is 5.06. The maximum Gasteiger partial charge on any atom is 0.416 e. The van der Waals surface area contributed by atoms with E-state index in [0.717, 1.165) is 10.4 Å². The summed E-state index contributed by atoms with van der Waals surface area (Å²) in [4.78, 5) is 2.47. The second kappa shape index (κ2) is 20.4. The second-order valence-electron chi connectivity index (χ2n) is 12.2. The molecule has 0 bridgehead atoms. The van der Waals surface area contributed by atoms with Crippen molar-refractivity contribution in [3.8, 4) is 22.8 Å². The quantitative estimate of drug-likeness (QED) is 0.0868. The fourth-order valence-corrected chi connectivity index (χ4v) is 5.06. The number of nitrogen functional groups attached to an aromatic ring is 1.